The molecular formula is C27H28N2O5. The third-order valence-electron chi connectivity index (χ3n) is 5.74. The van der Waals surface area contributed by atoms with Crippen molar-refractivity contribution in [3.8, 4) is 5.75 Å². The molecule has 4 rings (SSSR count). The molecule has 3 aromatic rings. The fraction of sp³-hybridized carbons (Fsp3) is 0.259. The Morgan fingerprint density at radius 2 is 1.44 bits per heavy atom. The molecule has 0 saturated carbocycles. The quantitative estimate of drug-likeness (QED) is 0.491. The Morgan fingerprint density at radius 1 is 0.824 bits per heavy atom. The van der Waals surface area contributed by atoms with Crippen LogP contribution in [0.4, 0.5) is 10.5 Å². The van der Waals surface area contributed by atoms with Crippen LogP contribution in [0, 0.1) is 0 Å². The molecule has 1 aliphatic rings. The monoisotopic (exact) mass is 460 g/mol. The minimum Gasteiger partial charge on any atom is -0.489 e. The summed E-state index contributed by atoms with van der Waals surface area (Å²) >= 11 is 0. The van der Waals surface area contributed by atoms with Crippen molar-refractivity contribution in [2.75, 3.05) is 31.6 Å². The van der Waals surface area contributed by atoms with Crippen molar-refractivity contribution in [2.24, 2.45) is 0 Å². The van der Waals surface area contributed by atoms with Crippen molar-refractivity contribution in [3.63, 3.8) is 0 Å². The number of piperazine rings is 1. The lowest BCUT2D eigenvalue weighted by atomic mass is 10.1. The van der Waals surface area contributed by atoms with Gasteiger partial charge in [-0.2, -0.15) is 0 Å². The van der Waals surface area contributed by atoms with Gasteiger partial charge in [0.2, 0.25) is 0 Å². The highest BCUT2D eigenvalue weighted by atomic mass is 16.6. The molecule has 7 nitrogen and oxygen atoms in total. The van der Waals surface area contributed by atoms with Gasteiger partial charge in [0.15, 0.2) is 6.04 Å². The minimum absolute atomic E-state index is 0.151. The maximum absolute atomic E-state index is 12.7. The lowest BCUT2D eigenvalue weighted by Crippen LogP contribution is -2.58. The van der Waals surface area contributed by atoms with E-state index in [0.29, 0.717) is 26.2 Å². The van der Waals surface area contributed by atoms with E-state index in [2.05, 4.69) is 4.90 Å². The van der Waals surface area contributed by atoms with Crippen LogP contribution in [-0.2, 0) is 27.5 Å². The van der Waals surface area contributed by atoms with Crippen molar-refractivity contribution in [1.82, 2.24) is 4.90 Å². The van der Waals surface area contributed by atoms with Gasteiger partial charge in [-0.05, 0) is 35.4 Å². The fourth-order valence-electron chi connectivity index (χ4n) is 3.87. The highest BCUT2D eigenvalue weighted by Crippen LogP contribution is 2.24. The summed E-state index contributed by atoms with van der Waals surface area (Å²) in [6, 6.07) is 26.4. The Bertz CT molecular complexity index is 1070. The first-order chi connectivity index (χ1) is 16.6. The molecule has 0 N–H and O–H groups in total. The van der Waals surface area contributed by atoms with E-state index in [1.165, 1.54) is 12.0 Å². The minimum atomic E-state index is -0.754. The van der Waals surface area contributed by atoms with E-state index in [0.717, 1.165) is 22.6 Å². The van der Waals surface area contributed by atoms with Gasteiger partial charge in [-0.1, -0.05) is 60.7 Å². The van der Waals surface area contributed by atoms with Gasteiger partial charge in [-0.3, -0.25) is 4.90 Å². The molecule has 1 heterocycles. The third-order valence-corrected chi connectivity index (χ3v) is 5.74. The van der Waals surface area contributed by atoms with Crippen LogP contribution in [0.1, 0.15) is 11.1 Å². The highest BCUT2D eigenvalue weighted by Gasteiger charge is 2.37. The van der Waals surface area contributed by atoms with Gasteiger partial charge in [-0.25, -0.2) is 9.59 Å². The van der Waals surface area contributed by atoms with E-state index in [1.54, 1.807) is 0 Å². The van der Waals surface area contributed by atoms with Crippen molar-refractivity contribution in [3.05, 3.63) is 96.1 Å². The molecule has 1 amide bonds. The molecular weight excluding hydrogens is 432 g/mol. The Labute approximate surface area is 199 Å². The average Bonchev–Trinajstić information content (AvgIpc) is 2.91. The average molecular weight is 461 g/mol. The molecule has 7 heteroatoms. The zero-order valence-corrected chi connectivity index (χ0v) is 19.1. The maximum atomic E-state index is 12.7. The van der Waals surface area contributed by atoms with Crippen LogP contribution >= 0.6 is 0 Å². The number of carbonyl (C=O) groups excluding carboxylic acids is 2. The van der Waals surface area contributed by atoms with E-state index in [1.807, 2.05) is 84.9 Å². The molecule has 0 spiro atoms. The van der Waals surface area contributed by atoms with Crippen LogP contribution in [0.5, 0.6) is 5.75 Å². The van der Waals surface area contributed by atoms with E-state index >= 15 is 0 Å². The van der Waals surface area contributed by atoms with E-state index in [9.17, 15) is 9.59 Å². The molecule has 0 aliphatic carbocycles. The zero-order valence-electron chi connectivity index (χ0n) is 19.1. The first-order valence-electron chi connectivity index (χ1n) is 11.2. The zero-order chi connectivity index (χ0) is 23.8. The lowest BCUT2D eigenvalue weighted by Gasteiger charge is -2.40. The summed E-state index contributed by atoms with van der Waals surface area (Å²) in [6.45, 7) is 1.88. The number of benzene rings is 3. The Balaban J connectivity index is 1.37. The Kier molecular flexibility index (Phi) is 7.65. The lowest BCUT2D eigenvalue weighted by molar-refractivity contribution is -0.146. The first-order valence-corrected chi connectivity index (χ1v) is 11.2. The second-order valence-electron chi connectivity index (χ2n) is 7.99. The van der Waals surface area contributed by atoms with Gasteiger partial charge in [-0.15, -0.1) is 0 Å². The summed E-state index contributed by atoms with van der Waals surface area (Å²) in [5.74, 6) is 0.296. The van der Waals surface area contributed by atoms with Crippen LogP contribution < -0.4 is 9.64 Å². The standard InChI is InChI=1S/C27H28N2O5/c1-32-26(30)25-18-28(16-17-29(25)27(31)34-20-22-10-6-3-7-11-22)23-12-14-24(15-13-23)33-19-21-8-4-2-5-9-21/h2-15,25H,16-20H2,1H3. The summed E-state index contributed by atoms with van der Waals surface area (Å²) in [7, 11) is 1.33. The summed E-state index contributed by atoms with van der Waals surface area (Å²) < 4.78 is 16.3. The summed E-state index contributed by atoms with van der Waals surface area (Å²) in [6.07, 6.45) is -0.524. The van der Waals surface area contributed by atoms with Crippen LogP contribution in [0.15, 0.2) is 84.9 Å². The smallest absolute Gasteiger partial charge is 0.410 e. The molecule has 3 aromatic carbocycles. The van der Waals surface area contributed by atoms with Gasteiger partial charge in [0, 0.05) is 25.3 Å². The number of methoxy groups -OCH3 is 1. The van der Waals surface area contributed by atoms with Crippen LogP contribution in [0.25, 0.3) is 0 Å². The largest absolute Gasteiger partial charge is 0.489 e. The molecule has 1 unspecified atom stereocenters. The molecule has 0 bridgehead atoms. The second-order valence-corrected chi connectivity index (χ2v) is 7.99. The van der Waals surface area contributed by atoms with Crippen molar-refractivity contribution in [1.29, 1.82) is 0 Å². The molecule has 34 heavy (non-hydrogen) atoms. The second kappa shape index (κ2) is 11.2. The van der Waals surface area contributed by atoms with Gasteiger partial charge in [0.1, 0.15) is 19.0 Å². The number of esters is 1. The van der Waals surface area contributed by atoms with E-state index in [4.69, 9.17) is 14.2 Å². The highest BCUT2D eigenvalue weighted by molar-refractivity contribution is 5.82. The number of ether oxygens (including phenoxy) is 3. The summed E-state index contributed by atoms with van der Waals surface area (Å²) in [4.78, 5) is 28.7. The Hall–Kier alpha value is -4.00. The SMILES string of the molecule is COC(=O)C1CN(c2ccc(OCc3ccccc3)cc2)CCN1C(=O)OCc1ccccc1. The van der Waals surface area contributed by atoms with Crippen molar-refractivity contribution >= 4 is 17.7 Å². The van der Waals surface area contributed by atoms with Crippen LogP contribution in [0.3, 0.4) is 0 Å². The van der Waals surface area contributed by atoms with Crippen molar-refractivity contribution < 1.29 is 23.8 Å². The van der Waals surface area contributed by atoms with Gasteiger partial charge >= 0.3 is 12.1 Å². The number of anilines is 1. The summed E-state index contributed by atoms with van der Waals surface area (Å²) in [5.41, 5.74) is 2.93. The van der Waals surface area contributed by atoms with Crippen LogP contribution in [0.2, 0.25) is 0 Å². The van der Waals surface area contributed by atoms with Gasteiger partial charge < -0.3 is 19.1 Å². The molecule has 1 fully saturated rings. The van der Waals surface area contributed by atoms with Gasteiger partial charge in [0.25, 0.3) is 0 Å². The van der Waals surface area contributed by atoms with Crippen LogP contribution in [-0.4, -0.2) is 49.7 Å². The predicted octanol–water partition coefficient (Wildman–Crippen LogP) is 4.27. The fourth-order valence-corrected chi connectivity index (χ4v) is 3.87. The molecule has 1 saturated heterocycles. The molecule has 0 radical (unpaired) electrons. The molecule has 0 aromatic heterocycles. The van der Waals surface area contributed by atoms with Crippen molar-refractivity contribution in [2.45, 2.75) is 19.3 Å². The normalized spacial score (nSPS) is 15.5. The van der Waals surface area contributed by atoms with E-state index in [-0.39, 0.29) is 6.61 Å². The number of hydrogen-bond acceptors (Lipinski definition) is 6. The first kappa shape index (κ1) is 23.2. The molecule has 1 aliphatic heterocycles. The predicted molar refractivity (Wildman–Crippen MR) is 129 cm³/mol. The number of amides is 1. The summed E-state index contributed by atoms with van der Waals surface area (Å²) in [5, 5.41) is 0. The van der Waals surface area contributed by atoms with E-state index < -0.39 is 18.1 Å². The number of carbonyl (C=O) groups is 2. The number of nitrogens with zero attached hydrogens (tertiary/aromatic N) is 2. The molecule has 176 valence electrons. The Morgan fingerprint density at radius 3 is 2.06 bits per heavy atom. The topological polar surface area (TPSA) is 68.3 Å². The third kappa shape index (κ3) is 5.86. The number of rotatable bonds is 7. The van der Waals surface area contributed by atoms with Gasteiger partial charge in [0.05, 0.1) is 7.11 Å². The molecule has 1 atom stereocenters. The maximum Gasteiger partial charge on any atom is 0.410 e. The number of hydrogen-bond donors (Lipinski definition) is 0.